The van der Waals surface area contributed by atoms with Crippen LogP contribution in [0.25, 0.3) is 6.08 Å². The highest BCUT2D eigenvalue weighted by Gasteiger charge is 2.21. The molecule has 1 N–H and O–H groups in total. The van der Waals surface area contributed by atoms with Crippen molar-refractivity contribution in [3.63, 3.8) is 0 Å². The summed E-state index contributed by atoms with van der Waals surface area (Å²) in [6.07, 6.45) is 3.83. The van der Waals surface area contributed by atoms with Gasteiger partial charge in [0.05, 0.1) is 13.2 Å². The van der Waals surface area contributed by atoms with Crippen molar-refractivity contribution >= 4 is 18.0 Å². The lowest BCUT2D eigenvalue weighted by atomic mass is 10.1. The topological polar surface area (TPSA) is 83.1 Å². The van der Waals surface area contributed by atoms with Gasteiger partial charge in [0.15, 0.2) is 6.61 Å². The molecule has 0 spiro atoms. The zero-order valence-electron chi connectivity index (χ0n) is 15.4. The Labute approximate surface area is 153 Å². The van der Waals surface area contributed by atoms with Crippen LogP contribution in [0.2, 0.25) is 0 Å². The Kier molecular flexibility index (Phi) is 7.47. The van der Waals surface area contributed by atoms with Crippen LogP contribution < -0.4 is 14.8 Å². The Morgan fingerprint density at radius 3 is 2.92 bits per heavy atom. The lowest BCUT2D eigenvalue weighted by Crippen LogP contribution is -2.31. The van der Waals surface area contributed by atoms with Gasteiger partial charge in [0.1, 0.15) is 17.6 Å². The number of amides is 1. The van der Waals surface area contributed by atoms with Crippen LogP contribution in [0.4, 0.5) is 0 Å². The molecule has 7 heteroatoms. The zero-order chi connectivity index (χ0) is 18.9. The smallest absolute Gasteiger partial charge is 0.331 e. The lowest BCUT2D eigenvalue weighted by Gasteiger charge is -2.10. The van der Waals surface area contributed by atoms with Gasteiger partial charge in [-0.25, -0.2) is 4.79 Å². The van der Waals surface area contributed by atoms with E-state index in [1.807, 2.05) is 26.0 Å². The van der Waals surface area contributed by atoms with Gasteiger partial charge in [0.25, 0.3) is 5.91 Å². The molecular formula is C19H25NO6. The second-order valence-corrected chi connectivity index (χ2v) is 5.85. The van der Waals surface area contributed by atoms with Gasteiger partial charge in [-0.3, -0.25) is 4.79 Å². The minimum atomic E-state index is -0.607. The van der Waals surface area contributed by atoms with Gasteiger partial charge in [-0.2, -0.15) is 0 Å². The summed E-state index contributed by atoms with van der Waals surface area (Å²) < 4.78 is 21.1. The number of esters is 1. The number of hydrogen-bond acceptors (Lipinski definition) is 6. The normalized spacial score (nSPS) is 15.4. The molecule has 1 aliphatic rings. The number of methoxy groups -OCH3 is 1. The Bertz CT molecular complexity index is 670. The highest BCUT2D eigenvalue weighted by atomic mass is 16.5. The third-order valence-corrected chi connectivity index (χ3v) is 3.70. The van der Waals surface area contributed by atoms with E-state index in [0.29, 0.717) is 25.5 Å². The first-order valence-corrected chi connectivity index (χ1v) is 8.60. The molecule has 1 amide bonds. The highest BCUT2D eigenvalue weighted by Crippen LogP contribution is 2.35. The molecule has 0 fully saturated rings. The second-order valence-electron chi connectivity index (χ2n) is 5.85. The molecule has 142 valence electrons. The molecule has 1 atom stereocenters. The molecule has 26 heavy (non-hydrogen) atoms. The van der Waals surface area contributed by atoms with Crippen LogP contribution in [0, 0.1) is 0 Å². The number of rotatable bonds is 9. The van der Waals surface area contributed by atoms with E-state index in [0.717, 1.165) is 23.3 Å². The number of carbonyl (C=O) groups excluding carboxylic acids is 2. The summed E-state index contributed by atoms with van der Waals surface area (Å²) in [5.41, 5.74) is 1.81. The largest absolute Gasteiger partial charge is 0.493 e. The molecule has 1 heterocycles. The Morgan fingerprint density at radius 1 is 1.38 bits per heavy atom. The third-order valence-electron chi connectivity index (χ3n) is 3.70. The van der Waals surface area contributed by atoms with E-state index in [1.165, 1.54) is 13.2 Å². The molecule has 7 nitrogen and oxygen atoms in total. The predicted octanol–water partition coefficient (Wildman–Crippen LogP) is 1.73. The number of benzene rings is 1. The second kappa shape index (κ2) is 9.82. The average Bonchev–Trinajstić information content (AvgIpc) is 2.97. The van der Waals surface area contributed by atoms with Crippen molar-refractivity contribution in [3.8, 4) is 11.5 Å². The van der Waals surface area contributed by atoms with Crippen LogP contribution in [0.5, 0.6) is 11.5 Å². The van der Waals surface area contributed by atoms with Crippen LogP contribution in [0.15, 0.2) is 18.2 Å². The number of fused-ring (bicyclic) bond motifs is 1. The monoisotopic (exact) mass is 363 g/mol. The zero-order valence-corrected chi connectivity index (χ0v) is 15.4. The van der Waals surface area contributed by atoms with E-state index in [4.69, 9.17) is 18.9 Å². The molecule has 1 aromatic carbocycles. The van der Waals surface area contributed by atoms with Gasteiger partial charge < -0.3 is 24.3 Å². The Morgan fingerprint density at radius 2 is 2.19 bits per heavy atom. The Hall–Kier alpha value is -2.54. The SMILES string of the molecule is CCOc1cc2c(cc1/C=C/C(=O)OCC(=O)NCCOC)O[C@@H](C)C2. The molecule has 0 radical (unpaired) electrons. The number of nitrogens with one attached hydrogen (secondary N) is 1. The van der Waals surface area contributed by atoms with Crippen molar-refractivity contribution in [1.29, 1.82) is 0 Å². The summed E-state index contributed by atoms with van der Waals surface area (Å²) in [5, 5.41) is 2.57. The van der Waals surface area contributed by atoms with Gasteiger partial charge in [0.2, 0.25) is 0 Å². The molecular weight excluding hydrogens is 338 g/mol. The number of ether oxygens (including phenoxy) is 4. The molecule has 0 saturated heterocycles. The molecule has 1 aromatic rings. The fraction of sp³-hybridized carbons (Fsp3) is 0.474. The molecule has 1 aliphatic heterocycles. The van der Waals surface area contributed by atoms with Crippen molar-refractivity contribution in [2.75, 3.05) is 33.5 Å². The van der Waals surface area contributed by atoms with Gasteiger partial charge in [-0.15, -0.1) is 0 Å². The third kappa shape index (κ3) is 5.77. The van der Waals surface area contributed by atoms with Gasteiger partial charge in [-0.05, 0) is 32.1 Å². The summed E-state index contributed by atoms with van der Waals surface area (Å²) in [6, 6.07) is 3.79. The Balaban J connectivity index is 1.95. The average molecular weight is 363 g/mol. The molecule has 0 aliphatic carbocycles. The molecule has 2 rings (SSSR count). The first-order chi connectivity index (χ1) is 12.5. The van der Waals surface area contributed by atoms with E-state index in [1.54, 1.807) is 6.08 Å². The highest BCUT2D eigenvalue weighted by molar-refractivity contribution is 5.89. The molecule has 0 aromatic heterocycles. The fourth-order valence-electron chi connectivity index (χ4n) is 2.55. The van der Waals surface area contributed by atoms with Crippen molar-refractivity contribution in [2.45, 2.75) is 26.4 Å². The van der Waals surface area contributed by atoms with Gasteiger partial charge in [0, 0.05) is 37.3 Å². The molecule has 0 unspecified atom stereocenters. The van der Waals surface area contributed by atoms with E-state index in [2.05, 4.69) is 5.32 Å². The van der Waals surface area contributed by atoms with E-state index < -0.39 is 5.97 Å². The number of hydrogen-bond donors (Lipinski definition) is 1. The summed E-state index contributed by atoms with van der Waals surface area (Å²) in [7, 11) is 1.54. The standard InChI is InChI=1S/C19H25NO6/c1-4-24-16-11-15-9-13(2)26-17(15)10-14(16)5-6-19(22)25-12-18(21)20-7-8-23-3/h5-6,10-11,13H,4,7-9,12H2,1-3H3,(H,20,21)/b6-5+/t13-/m0/s1. The van der Waals surface area contributed by atoms with Crippen LogP contribution in [-0.4, -0.2) is 51.5 Å². The van der Waals surface area contributed by atoms with Crippen molar-refractivity contribution in [1.82, 2.24) is 5.32 Å². The van der Waals surface area contributed by atoms with E-state index >= 15 is 0 Å². The minimum absolute atomic E-state index is 0.125. The maximum Gasteiger partial charge on any atom is 0.331 e. The summed E-state index contributed by atoms with van der Waals surface area (Å²) in [4.78, 5) is 23.3. The summed E-state index contributed by atoms with van der Waals surface area (Å²) >= 11 is 0. The van der Waals surface area contributed by atoms with Crippen LogP contribution >= 0.6 is 0 Å². The van der Waals surface area contributed by atoms with E-state index in [9.17, 15) is 9.59 Å². The van der Waals surface area contributed by atoms with Crippen molar-refractivity contribution in [2.24, 2.45) is 0 Å². The van der Waals surface area contributed by atoms with E-state index in [-0.39, 0.29) is 18.6 Å². The van der Waals surface area contributed by atoms with Crippen LogP contribution in [-0.2, 0) is 25.5 Å². The minimum Gasteiger partial charge on any atom is -0.493 e. The first-order valence-electron chi connectivity index (χ1n) is 8.60. The predicted molar refractivity (Wildman–Crippen MR) is 96.3 cm³/mol. The first kappa shape index (κ1) is 19.8. The van der Waals surface area contributed by atoms with Crippen molar-refractivity contribution < 1.29 is 28.5 Å². The summed E-state index contributed by atoms with van der Waals surface area (Å²) in [6.45, 7) is 4.85. The lowest BCUT2D eigenvalue weighted by molar-refractivity contribution is -0.143. The molecule has 0 saturated carbocycles. The maximum atomic E-state index is 11.8. The maximum absolute atomic E-state index is 11.8. The van der Waals surface area contributed by atoms with Gasteiger partial charge in [-0.1, -0.05) is 0 Å². The quantitative estimate of drug-likeness (QED) is 0.409. The number of carbonyl (C=O) groups is 2. The van der Waals surface area contributed by atoms with Crippen LogP contribution in [0.1, 0.15) is 25.0 Å². The van der Waals surface area contributed by atoms with Crippen LogP contribution in [0.3, 0.4) is 0 Å². The summed E-state index contributed by atoms with van der Waals surface area (Å²) in [5.74, 6) is 0.500. The van der Waals surface area contributed by atoms with Gasteiger partial charge >= 0.3 is 5.97 Å². The van der Waals surface area contributed by atoms with Crippen molar-refractivity contribution in [3.05, 3.63) is 29.3 Å². The molecule has 0 bridgehead atoms. The fourth-order valence-corrected chi connectivity index (χ4v) is 2.55.